The van der Waals surface area contributed by atoms with Gasteiger partial charge in [-0.15, -0.1) is 0 Å². The van der Waals surface area contributed by atoms with Gasteiger partial charge in [0.05, 0.1) is 0 Å². The molecule has 4 aromatic rings. The van der Waals surface area contributed by atoms with Crippen LogP contribution in [0.1, 0.15) is 66.1 Å². The lowest BCUT2D eigenvalue weighted by molar-refractivity contribution is 1.00. The summed E-state index contributed by atoms with van der Waals surface area (Å²) < 4.78 is 0. The van der Waals surface area contributed by atoms with Crippen LogP contribution in [-0.2, 0) is 19.3 Å². The van der Waals surface area contributed by atoms with Crippen molar-refractivity contribution in [3.63, 3.8) is 0 Å². The van der Waals surface area contributed by atoms with Gasteiger partial charge in [-0.05, 0) is 103 Å². The first-order valence-corrected chi connectivity index (χ1v) is 13.8. The summed E-state index contributed by atoms with van der Waals surface area (Å²) in [5.74, 6) is 0. The van der Waals surface area contributed by atoms with Crippen LogP contribution in [0.2, 0.25) is 0 Å². The lowest BCUT2D eigenvalue weighted by atomic mass is 9.82. The summed E-state index contributed by atoms with van der Waals surface area (Å²) in [6.45, 7) is 6.97. The highest BCUT2D eigenvalue weighted by Crippen LogP contribution is 2.34. The SMILES string of the molecule is CCc1c(C2=CC=CC2)c2c(c(=C(c3ccccc3)c3ccccc3)c1CC)=c1c(CC)cccc1=C2. The number of hydrogen-bond donors (Lipinski definition) is 0. The molecule has 0 N–H and O–H groups in total. The maximum atomic E-state index is 2.48. The molecule has 0 unspecified atom stereocenters. The summed E-state index contributed by atoms with van der Waals surface area (Å²) in [6.07, 6.45) is 13.4. The van der Waals surface area contributed by atoms with Crippen molar-refractivity contribution in [1.82, 2.24) is 0 Å². The molecule has 0 saturated heterocycles. The topological polar surface area (TPSA) is 0 Å². The zero-order valence-corrected chi connectivity index (χ0v) is 22.1. The number of fused-ring (bicyclic) bond motifs is 2. The van der Waals surface area contributed by atoms with E-state index in [-0.39, 0.29) is 0 Å². The summed E-state index contributed by atoms with van der Waals surface area (Å²) in [5.41, 5.74) is 12.7. The number of allylic oxidation sites excluding steroid dienone is 4. The van der Waals surface area contributed by atoms with Crippen molar-refractivity contribution in [2.24, 2.45) is 0 Å². The second-order valence-corrected chi connectivity index (χ2v) is 10.0. The van der Waals surface area contributed by atoms with Crippen LogP contribution < -0.4 is 10.4 Å². The van der Waals surface area contributed by atoms with Gasteiger partial charge in [-0.3, -0.25) is 0 Å². The number of benzene rings is 4. The average molecular weight is 479 g/mol. The molecule has 37 heavy (non-hydrogen) atoms. The Balaban J connectivity index is 1.98. The molecular formula is C37H34. The first kappa shape index (κ1) is 23.5. The third-order valence-corrected chi connectivity index (χ3v) is 8.04. The summed E-state index contributed by atoms with van der Waals surface area (Å²) in [5, 5.41) is 5.66. The van der Waals surface area contributed by atoms with E-state index in [0.717, 1.165) is 25.7 Å². The van der Waals surface area contributed by atoms with Gasteiger partial charge in [-0.25, -0.2) is 0 Å². The van der Waals surface area contributed by atoms with E-state index in [9.17, 15) is 0 Å². The zero-order chi connectivity index (χ0) is 25.4. The Morgan fingerprint density at radius 2 is 1.35 bits per heavy atom. The highest BCUT2D eigenvalue weighted by molar-refractivity contribution is 5.86. The van der Waals surface area contributed by atoms with Gasteiger partial charge in [0.25, 0.3) is 0 Å². The summed E-state index contributed by atoms with van der Waals surface area (Å²) in [4.78, 5) is 0. The van der Waals surface area contributed by atoms with E-state index in [1.165, 1.54) is 71.0 Å². The van der Waals surface area contributed by atoms with Crippen molar-refractivity contribution < 1.29 is 0 Å². The minimum absolute atomic E-state index is 1.01. The van der Waals surface area contributed by atoms with Gasteiger partial charge >= 0.3 is 0 Å². The number of aryl methyl sites for hydroxylation is 1. The summed E-state index contributed by atoms with van der Waals surface area (Å²) in [7, 11) is 0. The van der Waals surface area contributed by atoms with Crippen molar-refractivity contribution >= 4 is 17.2 Å². The molecular weight excluding hydrogens is 444 g/mol. The van der Waals surface area contributed by atoms with Gasteiger partial charge in [0.1, 0.15) is 0 Å². The molecule has 0 fully saturated rings. The molecule has 0 spiro atoms. The molecule has 0 amide bonds. The van der Waals surface area contributed by atoms with Crippen LogP contribution in [0.4, 0.5) is 0 Å². The molecule has 182 valence electrons. The maximum absolute atomic E-state index is 2.48. The summed E-state index contributed by atoms with van der Waals surface area (Å²) >= 11 is 0. The molecule has 6 rings (SSSR count). The first-order valence-electron chi connectivity index (χ1n) is 13.8. The molecule has 2 aliphatic rings. The van der Waals surface area contributed by atoms with Crippen molar-refractivity contribution in [1.29, 1.82) is 0 Å². The van der Waals surface area contributed by atoms with E-state index < -0.39 is 0 Å². The monoisotopic (exact) mass is 478 g/mol. The van der Waals surface area contributed by atoms with E-state index in [1.807, 2.05) is 0 Å². The molecule has 0 atom stereocenters. The van der Waals surface area contributed by atoms with Gasteiger partial charge in [-0.1, -0.05) is 118 Å². The van der Waals surface area contributed by atoms with E-state index in [0.29, 0.717) is 0 Å². The number of hydrogen-bond acceptors (Lipinski definition) is 0. The lowest BCUT2D eigenvalue weighted by Gasteiger charge is -2.21. The zero-order valence-electron chi connectivity index (χ0n) is 22.1. The fourth-order valence-electron chi connectivity index (χ4n) is 6.49. The van der Waals surface area contributed by atoms with Gasteiger partial charge < -0.3 is 0 Å². The fourth-order valence-corrected chi connectivity index (χ4v) is 6.49. The second-order valence-electron chi connectivity index (χ2n) is 10.0. The Morgan fingerprint density at radius 3 is 1.92 bits per heavy atom. The van der Waals surface area contributed by atoms with E-state index in [2.05, 4.69) is 124 Å². The van der Waals surface area contributed by atoms with Crippen molar-refractivity contribution in [2.45, 2.75) is 46.5 Å². The van der Waals surface area contributed by atoms with E-state index in [4.69, 9.17) is 0 Å². The molecule has 0 aliphatic heterocycles. The van der Waals surface area contributed by atoms with Gasteiger partial charge in [-0.2, -0.15) is 0 Å². The van der Waals surface area contributed by atoms with Crippen molar-refractivity contribution in [3.8, 4) is 0 Å². The highest BCUT2D eigenvalue weighted by atomic mass is 14.3. The van der Waals surface area contributed by atoms with Gasteiger partial charge in [0, 0.05) is 0 Å². The second kappa shape index (κ2) is 9.87. The normalized spacial score (nSPS) is 13.2. The van der Waals surface area contributed by atoms with Crippen LogP contribution in [-0.4, -0.2) is 0 Å². The lowest BCUT2D eigenvalue weighted by Crippen LogP contribution is -2.22. The standard InChI is InChI=1S/C37H34/c1-4-25-22-15-23-29-24-32-35(28-20-13-14-21-28)30(5-2)31(6-3)36(37(32)33(25)29)34(26-16-9-7-10-17-26)27-18-11-8-12-19-27/h7-20,22-24H,4-6,21H2,1-3H3. The van der Waals surface area contributed by atoms with Gasteiger partial charge in [0.2, 0.25) is 0 Å². The largest absolute Gasteiger partial charge is 0.0801 e. The van der Waals surface area contributed by atoms with Crippen LogP contribution in [0.15, 0.2) is 97.1 Å². The van der Waals surface area contributed by atoms with Crippen LogP contribution in [0.5, 0.6) is 0 Å². The van der Waals surface area contributed by atoms with Crippen molar-refractivity contribution in [2.75, 3.05) is 0 Å². The average Bonchev–Trinajstić information content (AvgIpc) is 3.62. The smallest absolute Gasteiger partial charge is 0.00143 e. The molecule has 0 radical (unpaired) electrons. The van der Waals surface area contributed by atoms with E-state index in [1.54, 1.807) is 0 Å². The fraction of sp³-hybridized carbons (Fsp3) is 0.189. The van der Waals surface area contributed by atoms with Crippen LogP contribution >= 0.6 is 0 Å². The molecule has 0 aromatic heterocycles. The first-order chi connectivity index (χ1) is 18.3. The Hall–Kier alpha value is -3.90. The highest BCUT2D eigenvalue weighted by Gasteiger charge is 2.23. The van der Waals surface area contributed by atoms with Crippen LogP contribution in [0.3, 0.4) is 0 Å². The van der Waals surface area contributed by atoms with Gasteiger partial charge in [0.15, 0.2) is 0 Å². The van der Waals surface area contributed by atoms with Crippen LogP contribution in [0.25, 0.3) is 17.2 Å². The Bertz CT molecular complexity index is 1720. The predicted molar refractivity (Wildman–Crippen MR) is 158 cm³/mol. The Kier molecular flexibility index (Phi) is 6.26. The molecule has 0 heteroatoms. The molecule has 0 nitrogen and oxygen atoms in total. The maximum Gasteiger partial charge on any atom is -0.00143 e. The van der Waals surface area contributed by atoms with Crippen LogP contribution in [0, 0.1) is 10.4 Å². The summed E-state index contributed by atoms with van der Waals surface area (Å²) in [6, 6.07) is 28.9. The quantitative estimate of drug-likeness (QED) is 0.239. The van der Waals surface area contributed by atoms with E-state index >= 15 is 0 Å². The molecule has 0 heterocycles. The molecule has 2 aliphatic carbocycles. The third-order valence-electron chi connectivity index (χ3n) is 8.04. The molecule has 0 bridgehead atoms. The third kappa shape index (κ3) is 3.83. The van der Waals surface area contributed by atoms with Crippen molar-refractivity contribution in [3.05, 3.63) is 157 Å². The minimum atomic E-state index is 1.01. The molecule has 0 saturated carbocycles. The Labute approximate surface area is 220 Å². The minimum Gasteiger partial charge on any atom is -0.0801 e. The predicted octanol–water partition coefficient (Wildman–Crippen LogP) is 7.39. The Morgan fingerprint density at radius 1 is 0.676 bits per heavy atom. The number of rotatable bonds is 6. The molecule has 4 aromatic carbocycles.